The minimum absolute atomic E-state index is 0.112. The highest BCUT2D eigenvalue weighted by atomic mass is 79.9. The summed E-state index contributed by atoms with van der Waals surface area (Å²) in [6, 6.07) is 5.95. The Balaban J connectivity index is 2.02. The third-order valence-corrected chi connectivity index (χ3v) is 3.52. The molecule has 2 rings (SSSR count). The molecule has 98 valence electrons. The Morgan fingerprint density at radius 1 is 1.61 bits per heavy atom. The summed E-state index contributed by atoms with van der Waals surface area (Å²) in [5, 5.41) is 2.81. The van der Waals surface area contributed by atoms with Crippen LogP contribution in [0.5, 0.6) is 0 Å². The van der Waals surface area contributed by atoms with Crippen molar-refractivity contribution < 1.29 is 9.53 Å². The van der Waals surface area contributed by atoms with Crippen molar-refractivity contribution in [3.63, 3.8) is 0 Å². The van der Waals surface area contributed by atoms with E-state index in [1.165, 1.54) is 7.11 Å². The van der Waals surface area contributed by atoms with Gasteiger partial charge in [0.1, 0.15) is 0 Å². The number of carbonyl (C=O) groups is 1. The second-order valence-electron chi connectivity index (χ2n) is 4.27. The van der Waals surface area contributed by atoms with Gasteiger partial charge in [0.2, 0.25) is 0 Å². The van der Waals surface area contributed by atoms with E-state index < -0.39 is 0 Å². The molecule has 5 nitrogen and oxygen atoms in total. The summed E-state index contributed by atoms with van der Waals surface area (Å²) in [5.74, 6) is 0. The van der Waals surface area contributed by atoms with Gasteiger partial charge in [-0.15, -0.1) is 0 Å². The predicted octanol–water partition coefficient (Wildman–Crippen LogP) is 1.97. The number of ether oxygens (including phenoxy) is 1. The first kappa shape index (κ1) is 13.0. The van der Waals surface area contributed by atoms with E-state index in [0.29, 0.717) is 0 Å². The summed E-state index contributed by atoms with van der Waals surface area (Å²) in [6.45, 7) is 1.63. The molecule has 18 heavy (non-hydrogen) atoms. The van der Waals surface area contributed by atoms with E-state index in [4.69, 9.17) is 5.73 Å². The van der Waals surface area contributed by atoms with Crippen molar-refractivity contribution in [3.05, 3.63) is 22.7 Å². The number of hydrogen-bond donors (Lipinski definition) is 2. The maximum atomic E-state index is 11.1. The van der Waals surface area contributed by atoms with Crippen molar-refractivity contribution >= 4 is 33.4 Å². The molecule has 1 aromatic rings. The van der Waals surface area contributed by atoms with Crippen molar-refractivity contribution in [3.8, 4) is 0 Å². The zero-order valence-corrected chi connectivity index (χ0v) is 11.7. The number of nitrogens with zero attached hydrogens (tertiary/aromatic N) is 1. The summed E-state index contributed by atoms with van der Waals surface area (Å²) < 4.78 is 5.56. The molecule has 6 heteroatoms. The molecule has 1 amide bonds. The minimum Gasteiger partial charge on any atom is -0.453 e. The number of benzene rings is 1. The normalized spacial score (nSPS) is 18.8. The van der Waals surface area contributed by atoms with Gasteiger partial charge in [-0.3, -0.25) is 0 Å². The van der Waals surface area contributed by atoms with Gasteiger partial charge >= 0.3 is 6.09 Å². The Labute approximate surface area is 114 Å². The summed E-state index contributed by atoms with van der Waals surface area (Å²) >= 11 is 3.39. The van der Waals surface area contributed by atoms with Gasteiger partial charge in [-0.25, -0.2) is 4.79 Å². The van der Waals surface area contributed by atoms with Gasteiger partial charge < -0.3 is 20.7 Å². The van der Waals surface area contributed by atoms with Crippen molar-refractivity contribution in [2.75, 3.05) is 30.8 Å². The summed E-state index contributed by atoms with van der Waals surface area (Å²) in [5.41, 5.74) is 7.74. The van der Waals surface area contributed by atoms with Gasteiger partial charge in [0.05, 0.1) is 24.5 Å². The molecule has 0 saturated carbocycles. The average molecular weight is 314 g/mol. The van der Waals surface area contributed by atoms with E-state index in [1.807, 2.05) is 18.2 Å². The zero-order chi connectivity index (χ0) is 13.1. The van der Waals surface area contributed by atoms with Crippen molar-refractivity contribution in [1.29, 1.82) is 0 Å². The van der Waals surface area contributed by atoms with Crippen LogP contribution in [0.2, 0.25) is 0 Å². The number of amides is 1. The molecule has 1 atom stereocenters. The maximum Gasteiger partial charge on any atom is 0.407 e. The number of rotatable bonds is 2. The van der Waals surface area contributed by atoms with Gasteiger partial charge in [0.15, 0.2) is 0 Å². The quantitative estimate of drug-likeness (QED) is 0.819. The fraction of sp³-hybridized carbons (Fsp3) is 0.417. The molecule has 1 aromatic carbocycles. The molecular weight excluding hydrogens is 298 g/mol. The van der Waals surface area contributed by atoms with Gasteiger partial charge in [-0.2, -0.15) is 0 Å². The molecule has 3 N–H and O–H groups in total. The lowest BCUT2D eigenvalue weighted by molar-refractivity contribution is 0.167. The molecule has 1 fully saturated rings. The Hall–Kier alpha value is -1.43. The number of alkyl carbamates (subject to hydrolysis) is 1. The number of hydrogen-bond acceptors (Lipinski definition) is 4. The largest absolute Gasteiger partial charge is 0.453 e. The predicted molar refractivity (Wildman–Crippen MR) is 74.7 cm³/mol. The number of nitrogens with one attached hydrogen (secondary N) is 1. The highest BCUT2D eigenvalue weighted by Crippen LogP contribution is 2.29. The number of carbonyl (C=O) groups excluding carboxylic acids is 1. The van der Waals surface area contributed by atoms with Crippen LogP contribution in [0.4, 0.5) is 16.2 Å². The fourth-order valence-electron chi connectivity index (χ4n) is 2.14. The topological polar surface area (TPSA) is 67.6 Å². The van der Waals surface area contributed by atoms with E-state index in [-0.39, 0.29) is 12.1 Å². The summed E-state index contributed by atoms with van der Waals surface area (Å²) in [6.07, 6.45) is 0.510. The van der Waals surface area contributed by atoms with Crippen LogP contribution in [0.15, 0.2) is 22.7 Å². The SMILES string of the molecule is COC(=O)NC1CCN(c2ccc(Br)cc2N)C1. The van der Waals surface area contributed by atoms with Crippen molar-refractivity contribution in [1.82, 2.24) is 5.32 Å². The highest BCUT2D eigenvalue weighted by molar-refractivity contribution is 9.10. The smallest absolute Gasteiger partial charge is 0.407 e. The summed E-state index contributed by atoms with van der Waals surface area (Å²) in [4.78, 5) is 13.3. The first-order valence-corrected chi connectivity index (χ1v) is 6.54. The van der Waals surface area contributed by atoms with Crippen molar-refractivity contribution in [2.24, 2.45) is 0 Å². The maximum absolute atomic E-state index is 11.1. The van der Waals surface area contributed by atoms with E-state index in [0.717, 1.165) is 35.4 Å². The van der Waals surface area contributed by atoms with E-state index in [2.05, 4.69) is 30.9 Å². The van der Waals surface area contributed by atoms with Gasteiger partial charge in [-0.1, -0.05) is 15.9 Å². The average Bonchev–Trinajstić information content (AvgIpc) is 2.77. The first-order valence-electron chi connectivity index (χ1n) is 5.74. The number of nitrogen functional groups attached to an aromatic ring is 1. The van der Waals surface area contributed by atoms with Crippen LogP contribution >= 0.6 is 15.9 Å². The Bertz CT molecular complexity index is 453. The third-order valence-electron chi connectivity index (χ3n) is 3.03. The summed E-state index contributed by atoms with van der Waals surface area (Å²) in [7, 11) is 1.37. The lowest BCUT2D eigenvalue weighted by Gasteiger charge is -2.20. The number of anilines is 2. The van der Waals surface area contributed by atoms with Gasteiger partial charge in [-0.05, 0) is 24.6 Å². The van der Waals surface area contributed by atoms with Crippen LogP contribution in [0.3, 0.4) is 0 Å². The number of nitrogens with two attached hydrogens (primary N) is 1. The Morgan fingerprint density at radius 2 is 2.39 bits per heavy atom. The zero-order valence-electron chi connectivity index (χ0n) is 10.1. The van der Waals surface area contributed by atoms with Crippen LogP contribution in [-0.4, -0.2) is 32.3 Å². The second-order valence-corrected chi connectivity index (χ2v) is 5.19. The molecule has 1 aliphatic rings. The number of methoxy groups -OCH3 is 1. The van der Waals surface area contributed by atoms with Gasteiger partial charge in [0, 0.05) is 17.6 Å². The standard InChI is InChI=1S/C12H16BrN3O2/c1-18-12(17)15-9-4-5-16(7-9)11-3-2-8(13)6-10(11)14/h2-3,6,9H,4-5,7,14H2,1H3,(H,15,17). The molecule has 0 spiro atoms. The molecular formula is C12H16BrN3O2. The molecule has 0 aromatic heterocycles. The Kier molecular flexibility index (Phi) is 3.96. The molecule has 0 radical (unpaired) electrons. The number of halogens is 1. The van der Waals surface area contributed by atoms with E-state index in [1.54, 1.807) is 0 Å². The highest BCUT2D eigenvalue weighted by Gasteiger charge is 2.25. The van der Waals surface area contributed by atoms with Crippen LogP contribution in [0.25, 0.3) is 0 Å². The Morgan fingerprint density at radius 3 is 3.06 bits per heavy atom. The van der Waals surface area contributed by atoms with Crippen LogP contribution < -0.4 is 16.0 Å². The first-order chi connectivity index (χ1) is 8.60. The lowest BCUT2D eigenvalue weighted by Crippen LogP contribution is -2.37. The van der Waals surface area contributed by atoms with Crippen molar-refractivity contribution in [2.45, 2.75) is 12.5 Å². The molecule has 0 bridgehead atoms. The van der Waals surface area contributed by atoms with Crippen LogP contribution in [0.1, 0.15) is 6.42 Å². The molecule has 1 saturated heterocycles. The third kappa shape index (κ3) is 2.87. The van der Waals surface area contributed by atoms with E-state index in [9.17, 15) is 4.79 Å². The van der Waals surface area contributed by atoms with Crippen LogP contribution in [-0.2, 0) is 4.74 Å². The second kappa shape index (κ2) is 5.48. The molecule has 1 aliphatic heterocycles. The molecule has 1 heterocycles. The monoisotopic (exact) mass is 313 g/mol. The van der Waals surface area contributed by atoms with Gasteiger partial charge in [0.25, 0.3) is 0 Å². The molecule has 1 unspecified atom stereocenters. The molecule has 0 aliphatic carbocycles. The minimum atomic E-state index is -0.384. The van der Waals surface area contributed by atoms with E-state index >= 15 is 0 Å². The van der Waals surface area contributed by atoms with Crippen LogP contribution in [0, 0.1) is 0 Å². The fourth-order valence-corrected chi connectivity index (χ4v) is 2.51. The lowest BCUT2D eigenvalue weighted by atomic mass is 10.2.